The molecule has 0 bridgehead atoms. The van der Waals surface area contributed by atoms with E-state index in [1.54, 1.807) is 7.05 Å². The smallest absolute Gasteiger partial charge is 0.373 e. The number of pyridine rings is 1. The van der Waals surface area contributed by atoms with Crippen LogP contribution in [0.5, 0.6) is 0 Å². The number of nitrogens with zero attached hydrogens (tertiary/aromatic N) is 1. The Morgan fingerprint density at radius 3 is 2.57 bits per heavy atom. The number of rotatable bonds is 2. The Hall–Kier alpha value is -0.970. The molecule has 0 aliphatic rings. The number of alkyl halides is 3. The molecule has 0 spiro atoms. The van der Waals surface area contributed by atoms with Gasteiger partial charge in [-0.1, -0.05) is 0 Å². The molecule has 0 fully saturated rings. The average Bonchev–Trinajstić information content (AvgIpc) is 2.01. The van der Waals surface area contributed by atoms with E-state index < -0.39 is 12.6 Å². The van der Waals surface area contributed by atoms with Gasteiger partial charge in [0.05, 0.1) is 6.42 Å². The van der Waals surface area contributed by atoms with Crippen LogP contribution in [0.3, 0.4) is 0 Å². The minimum atomic E-state index is -4.16. The minimum absolute atomic E-state index is 0. The van der Waals surface area contributed by atoms with Crippen molar-refractivity contribution >= 4 is 18.2 Å². The first-order valence-electron chi connectivity index (χ1n) is 3.71. The summed E-state index contributed by atoms with van der Waals surface area (Å²) in [6, 6.07) is 2.74. The van der Waals surface area contributed by atoms with Gasteiger partial charge in [0.2, 0.25) is 0 Å². The second-order valence-corrected chi connectivity index (χ2v) is 2.59. The molecular formula is C8H10ClF3N2. The Morgan fingerprint density at radius 1 is 1.43 bits per heavy atom. The van der Waals surface area contributed by atoms with Crippen molar-refractivity contribution in [3.05, 3.63) is 23.9 Å². The summed E-state index contributed by atoms with van der Waals surface area (Å²) in [5, 5.41) is 2.67. The summed E-state index contributed by atoms with van der Waals surface area (Å²) >= 11 is 0. The lowest BCUT2D eigenvalue weighted by Gasteiger charge is -2.06. The average molecular weight is 227 g/mol. The van der Waals surface area contributed by atoms with E-state index in [1.165, 1.54) is 18.3 Å². The van der Waals surface area contributed by atoms with Crippen LogP contribution < -0.4 is 5.32 Å². The lowest BCUT2D eigenvalue weighted by Crippen LogP contribution is -2.11. The molecule has 80 valence electrons. The van der Waals surface area contributed by atoms with Crippen molar-refractivity contribution in [3.8, 4) is 0 Å². The lowest BCUT2D eigenvalue weighted by molar-refractivity contribution is -0.127. The molecule has 0 saturated heterocycles. The van der Waals surface area contributed by atoms with Crippen molar-refractivity contribution in [2.24, 2.45) is 0 Å². The summed E-state index contributed by atoms with van der Waals surface area (Å²) in [4.78, 5) is 3.81. The molecule has 0 aliphatic carbocycles. The standard InChI is InChI=1S/C8H9F3N2.ClH/c1-12-7-4-6(2-3-13-7)5-8(9,10)11;/h2-4H,5H2,1H3,(H,12,13);1H. The normalized spacial score (nSPS) is 10.6. The number of nitrogens with one attached hydrogen (secondary N) is 1. The van der Waals surface area contributed by atoms with Crippen LogP contribution in [0, 0.1) is 0 Å². The van der Waals surface area contributed by atoms with Crippen molar-refractivity contribution < 1.29 is 13.2 Å². The first-order valence-corrected chi connectivity index (χ1v) is 3.71. The Bertz CT molecular complexity index is 288. The van der Waals surface area contributed by atoms with Gasteiger partial charge in [0, 0.05) is 13.2 Å². The van der Waals surface area contributed by atoms with E-state index in [-0.39, 0.29) is 18.0 Å². The van der Waals surface area contributed by atoms with Gasteiger partial charge >= 0.3 is 6.18 Å². The number of hydrogen-bond donors (Lipinski definition) is 1. The van der Waals surface area contributed by atoms with Gasteiger partial charge in [-0.3, -0.25) is 0 Å². The van der Waals surface area contributed by atoms with Gasteiger partial charge in [0.15, 0.2) is 0 Å². The predicted octanol–water partition coefficient (Wildman–Crippen LogP) is 2.65. The molecule has 1 aromatic rings. The van der Waals surface area contributed by atoms with Crippen LogP contribution in [-0.4, -0.2) is 18.2 Å². The second kappa shape index (κ2) is 5.05. The third kappa shape index (κ3) is 4.32. The van der Waals surface area contributed by atoms with Crippen molar-refractivity contribution in [2.45, 2.75) is 12.6 Å². The van der Waals surface area contributed by atoms with Gasteiger partial charge in [-0.25, -0.2) is 4.98 Å². The highest BCUT2D eigenvalue weighted by molar-refractivity contribution is 5.85. The molecule has 14 heavy (non-hydrogen) atoms. The van der Waals surface area contributed by atoms with Crippen LogP contribution in [0.1, 0.15) is 5.56 Å². The molecule has 1 aromatic heterocycles. The summed E-state index contributed by atoms with van der Waals surface area (Å²) in [5.74, 6) is 0.446. The van der Waals surface area contributed by atoms with Gasteiger partial charge in [-0.05, 0) is 17.7 Å². The number of hydrogen-bond acceptors (Lipinski definition) is 2. The number of aromatic nitrogens is 1. The molecule has 1 rings (SSSR count). The Labute approximate surface area is 85.9 Å². The third-order valence-corrected chi connectivity index (χ3v) is 1.49. The van der Waals surface area contributed by atoms with E-state index in [2.05, 4.69) is 10.3 Å². The Balaban J connectivity index is 0.00000169. The maximum absolute atomic E-state index is 11.9. The second-order valence-electron chi connectivity index (χ2n) is 2.59. The molecule has 1 N–H and O–H groups in total. The maximum Gasteiger partial charge on any atom is 0.393 e. The number of halogens is 4. The summed E-state index contributed by atoms with van der Waals surface area (Å²) in [6.45, 7) is 0. The first kappa shape index (κ1) is 13.0. The zero-order chi connectivity index (χ0) is 9.90. The van der Waals surface area contributed by atoms with Crippen molar-refractivity contribution in [3.63, 3.8) is 0 Å². The zero-order valence-electron chi connectivity index (χ0n) is 7.43. The maximum atomic E-state index is 11.9. The molecule has 0 aliphatic heterocycles. The van der Waals surface area contributed by atoms with E-state index in [4.69, 9.17) is 0 Å². The van der Waals surface area contributed by atoms with E-state index >= 15 is 0 Å². The van der Waals surface area contributed by atoms with E-state index in [9.17, 15) is 13.2 Å². The van der Waals surface area contributed by atoms with Crippen molar-refractivity contribution in [1.29, 1.82) is 0 Å². The molecule has 0 aromatic carbocycles. The Morgan fingerprint density at radius 2 is 2.07 bits per heavy atom. The molecule has 0 saturated carbocycles. The Kier molecular flexibility index (Phi) is 4.70. The van der Waals surface area contributed by atoms with Crippen LogP contribution in [0.15, 0.2) is 18.3 Å². The number of anilines is 1. The molecule has 0 unspecified atom stereocenters. The zero-order valence-corrected chi connectivity index (χ0v) is 8.25. The molecule has 0 amide bonds. The summed E-state index contributed by atoms with van der Waals surface area (Å²) in [5.41, 5.74) is 0.215. The fraction of sp³-hybridized carbons (Fsp3) is 0.375. The van der Waals surface area contributed by atoms with Crippen LogP contribution in [0.2, 0.25) is 0 Å². The molecule has 0 radical (unpaired) electrons. The van der Waals surface area contributed by atoms with Gasteiger partial charge < -0.3 is 5.32 Å². The monoisotopic (exact) mass is 226 g/mol. The van der Waals surface area contributed by atoms with Crippen LogP contribution in [0.25, 0.3) is 0 Å². The molecule has 0 atom stereocenters. The van der Waals surface area contributed by atoms with Crippen molar-refractivity contribution in [2.75, 3.05) is 12.4 Å². The highest BCUT2D eigenvalue weighted by Gasteiger charge is 2.27. The third-order valence-electron chi connectivity index (χ3n) is 1.49. The highest BCUT2D eigenvalue weighted by atomic mass is 35.5. The molecule has 2 nitrogen and oxygen atoms in total. The van der Waals surface area contributed by atoms with E-state index in [1.807, 2.05) is 0 Å². The quantitative estimate of drug-likeness (QED) is 0.839. The van der Waals surface area contributed by atoms with Crippen LogP contribution >= 0.6 is 12.4 Å². The van der Waals surface area contributed by atoms with Crippen LogP contribution in [-0.2, 0) is 6.42 Å². The minimum Gasteiger partial charge on any atom is -0.373 e. The fourth-order valence-electron chi connectivity index (χ4n) is 0.952. The predicted molar refractivity (Wildman–Crippen MR) is 50.8 cm³/mol. The highest BCUT2D eigenvalue weighted by Crippen LogP contribution is 2.21. The summed E-state index contributed by atoms with van der Waals surface area (Å²) < 4.78 is 35.8. The van der Waals surface area contributed by atoms with Gasteiger partial charge in [-0.15, -0.1) is 12.4 Å². The summed E-state index contributed by atoms with van der Waals surface area (Å²) in [6.07, 6.45) is -3.72. The first-order chi connectivity index (χ1) is 6.01. The SMILES string of the molecule is CNc1cc(CC(F)(F)F)ccn1.Cl. The topological polar surface area (TPSA) is 24.9 Å². The van der Waals surface area contributed by atoms with E-state index in [0.29, 0.717) is 5.82 Å². The lowest BCUT2D eigenvalue weighted by atomic mass is 10.2. The van der Waals surface area contributed by atoms with E-state index in [0.717, 1.165) is 0 Å². The van der Waals surface area contributed by atoms with Crippen molar-refractivity contribution in [1.82, 2.24) is 4.98 Å². The van der Waals surface area contributed by atoms with Gasteiger partial charge in [0.1, 0.15) is 5.82 Å². The van der Waals surface area contributed by atoms with Gasteiger partial charge in [-0.2, -0.15) is 13.2 Å². The van der Waals surface area contributed by atoms with Gasteiger partial charge in [0.25, 0.3) is 0 Å². The molecule has 6 heteroatoms. The molecular weight excluding hydrogens is 217 g/mol. The van der Waals surface area contributed by atoms with Crippen LogP contribution in [0.4, 0.5) is 19.0 Å². The molecule has 1 heterocycles. The summed E-state index contributed by atoms with van der Waals surface area (Å²) in [7, 11) is 1.61. The fourth-order valence-corrected chi connectivity index (χ4v) is 0.952. The largest absolute Gasteiger partial charge is 0.393 e.